The first-order valence-corrected chi connectivity index (χ1v) is 8.33. The Labute approximate surface area is 115 Å². The van der Waals surface area contributed by atoms with Crippen molar-refractivity contribution in [3.8, 4) is 0 Å². The maximum Gasteiger partial charge on any atom is 0.229 e. The van der Waals surface area contributed by atoms with Gasteiger partial charge in [-0.3, -0.25) is 4.79 Å². The Balaban J connectivity index is 1.60. The van der Waals surface area contributed by atoms with E-state index in [9.17, 15) is 4.79 Å². The quantitative estimate of drug-likeness (QED) is 0.681. The van der Waals surface area contributed by atoms with E-state index in [-0.39, 0.29) is 11.8 Å². The highest BCUT2D eigenvalue weighted by Crippen LogP contribution is 2.48. The molecule has 0 aromatic carbocycles. The lowest BCUT2D eigenvalue weighted by Crippen LogP contribution is -2.27. The molecule has 1 heterocycles. The Morgan fingerprint density at radius 3 is 3.00 bits per heavy atom. The summed E-state index contributed by atoms with van der Waals surface area (Å²) >= 11 is 3.13. The van der Waals surface area contributed by atoms with Gasteiger partial charge in [0.05, 0.1) is 0 Å². The van der Waals surface area contributed by atoms with E-state index in [2.05, 4.69) is 22.4 Å². The third kappa shape index (κ3) is 2.40. The van der Waals surface area contributed by atoms with Crippen molar-refractivity contribution in [3.63, 3.8) is 0 Å². The lowest BCUT2D eigenvalue weighted by Gasteiger charge is -2.19. The van der Waals surface area contributed by atoms with Gasteiger partial charge in [0.1, 0.15) is 0 Å². The zero-order valence-electron chi connectivity index (χ0n) is 10.4. The molecule has 1 amide bonds. The molecule has 3 rings (SSSR count). The number of aromatic nitrogens is 2. The number of carbonyl (C=O) groups excluding carboxylic acids is 1. The van der Waals surface area contributed by atoms with Gasteiger partial charge in [-0.25, -0.2) is 0 Å². The summed E-state index contributed by atoms with van der Waals surface area (Å²) in [5, 5.41) is 11.7. The van der Waals surface area contributed by atoms with Crippen molar-refractivity contribution >= 4 is 34.1 Å². The number of thioether (sulfide) groups is 1. The molecule has 6 heteroatoms. The Kier molecular flexibility index (Phi) is 3.56. The molecule has 1 N–H and O–H groups in total. The minimum absolute atomic E-state index is 0.159. The fourth-order valence-corrected chi connectivity index (χ4v) is 4.86. The van der Waals surface area contributed by atoms with Gasteiger partial charge < -0.3 is 5.32 Å². The SMILES string of the molecule is CCSc1nnc(NC(=O)[C@H]2C[C@H]3CC[C@@H]2C3)s1. The lowest BCUT2D eigenvalue weighted by molar-refractivity contribution is -0.121. The van der Waals surface area contributed by atoms with Crippen molar-refractivity contribution in [3.05, 3.63) is 0 Å². The average molecular weight is 283 g/mol. The normalized spacial score (nSPS) is 29.7. The predicted octanol–water partition coefficient (Wildman–Crippen LogP) is 3.02. The molecule has 3 atom stereocenters. The molecular formula is C12H17N3OS2. The molecule has 18 heavy (non-hydrogen) atoms. The molecule has 2 bridgehead atoms. The maximum absolute atomic E-state index is 12.2. The molecule has 0 unspecified atom stereocenters. The lowest BCUT2D eigenvalue weighted by atomic mass is 9.88. The van der Waals surface area contributed by atoms with Gasteiger partial charge in [0.15, 0.2) is 4.34 Å². The summed E-state index contributed by atoms with van der Waals surface area (Å²) < 4.78 is 0.931. The van der Waals surface area contributed by atoms with Crippen molar-refractivity contribution in [2.45, 2.75) is 36.9 Å². The third-order valence-corrected chi connectivity index (χ3v) is 5.83. The first kappa shape index (κ1) is 12.4. The van der Waals surface area contributed by atoms with Crippen molar-refractivity contribution in [1.82, 2.24) is 10.2 Å². The van der Waals surface area contributed by atoms with Crippen LogP contribution in [0, 0.1) is 17.8 Å². The fraction of sp³-hybridized carbons (Fsp3) is 0.750. The van der Waals surface area contributed by atoms with Crippen LogP contribution >= 0.6 is 23.1 Å². The summed E-state index contributed by atoms with van der Waals surface area (Å²) in [4.78, 5) is 12.2. The summed E-state index contributed by atoms with van der Waals surface area (Å²) in [5.74, 6) is 2.77. The minimum atomic E-state index is 0.159. The van der Waals surface area contributed by atoms with Gasteiger partial charge in [0.25, 0.3) is 0 Å². The number of rotatable bonds is 4. The predicted molar refractivity (Wildman–Crippen MR) is 73.9 cm³/mol. The summed E-state index contributed by atoms with van der Waals surface area (Å²) in [7, 11) is 0. The number of carbonyl (C=O) groups is 1. The van der Waals surface area contributed by atoms with Gasteiger partial charge >= 0.3 is 0 Å². The summed E-state index contributed by atoms with van der Waals surface area (Å²) in [6, 6.07) is 0. The van der Waals surface area contributed by atoms with E-state index in [4.69, 9.17) is 0 Å². The zero-order chi connectivity index (χ0) is 12.5. The second kappa shape index (κ2) is 5.17. The van der Waals surface area contributed by atoms with E-state index in [1.807, 2.05) is 0 Å². The first-order chi connectivity index (χ1) is 8.76. The standard InChI is InChI=1S/C12H17N3OS2/c1-2-17-12-15-14-11(18-12)13-10(16)9-6-7-3-4-8(9)5-7/h7-9H,2-6H2,1H3,(H,13,14,16)/t7-,8+,9-/m0/s1. The fourth-order valence-electron chi connectivity index (χ4n) is 3.21. The topological polar surface area (TPSA) is 54.9 Å². The van der Waals surface area contributed by atoms with E-state index in [0.29, 0.717) is 11.0 Å². The Morgan fingerprint density at radius 1 is 1.44 bits per heavy atom. The van der Waals surface area contributed by atoms with Crippen LogP contribution in [0.2, 0.25) is 0 Å². The highest BCUT2D eigenvalue weighted by atomic mass is 32.2. The monoisotopic (exact) mass is 283 g/mol. The first-order valence-electron chi connectivity index (χ1n) is 6.53. The van der Waals surface area contributed by atoms with Crippen molar-refractivity contribution < 1.29 is 4.79 Å². The number of nitrogens with one attached hydrogen (secondary N) is 1. The van der Waals surface area contributed by atoms with E-state index >= 15 is 0 Å². The highest BCUT2D eigenvalue weighted by molar-refractivity contribution is 8.01. The molecule has 1 aromatic rings. The summed E-state index contributed by atoms with van der Waals surface area (Å²) in [6.07, 6.45) is 4.89. The van der Waals surface area contributed by atoms with Gasteiger partial charge in [-0.15, -0.1) is 10.2 Å². The van der Waals surface area contributed by atoms with Crippen molar-refractivity contribution in [2.24, 2.45) is 17.8 Å². The van der Waals surface area contributed by atoms with Gasteiger partial charge in [-0.1, -0.05) is 36.4 Å². The van der Waals surface area contributed by atoms with Crippen LogP contribution in [0.4, 0.5) is 5.13 Å². The van der Waals surface area contributed by atoms with Crippen molar-refractivity contribution in [2.75, 3.05) is 11.1 Å². The minimum Gasteiger partial charge on any atom is -0.300 e. The van der Waals surface area contributed by atoms with Crippen LogP contribution in [0.15, 0.2) is 4.34 Å². The van der Waals surface area contributed by atoms with Crippen LogP contribution in [0.25, 0.3) is 0 Å². The molecule has 2 saturated carbocycles. The van der Waals surface area contributed by atoms with Gasteiger partial charge in [0.2, 0.25) is 11.0 Å². The second-order valence-electron chi connectivity index (χ2n) is 5.08. The third-order valence-electron chi connectivity index (χ3n) is 3.98. The molecule has 0 spiro atoms. The van der Waals surface area contributed by atoms with E-state index < -0.39 is 0 Å². The summed E-state index contributed by atoms with van der Waals surface area (Å²) in [6.45, 7) is 2.08. The number of amides is 1. The molecule has 4 nitrogen and oxygen atoms in total. The van der Waals surface area contributed by atoms with Gasteiger partial charge in [0, 0.05) is 5.92 Å². The van der Waals surface area contributed by atoms with Gasteiger partial charge in [-0.05, 0) is 36.9 Å². The largest absolute Gasteiger partial charge is 0.300 e. The van der Waals surface area contributed by atoms with Crippen LogP contribution in [0.3, 0.4) is 0 Å². The molecule has 98 valence electrons. The van der Waals surface area contributed by atoms with Crippen LogP contribution in [0.5, 0.6) is 0 Å². The molecule has 0 saturated heterocycles. The van der Waals surface area contributed by atoms with E-state index in [1.54, 1.807) is 11.8 Å². The molecule has 0 radical (unpaired) electrons. The number of hydrogen-bond donors (Lipinski definition) is 1. The molecule has 2 fully saturated rings. The molecule has 2 aliphatic carbocycles. The molecule has 2 aliphatic rings. The number of fused-ring (bicyclic) bond motifs is 2. The Morgan fingerprint density at radius 2 is 2.33 bits per heavy atom. The number of nitrogens with zero attached hydrogens (tertiary/aromatic N) is 2. The smallest absolute Gasteiger partial charge is 0.229 e. The molecular weight excluding hydrogens is 266 g/mol. The van der Waals surface area contributed by atoms with E-state index in [1.165, 1.54) is 30.6 Å². The van der Waals surface area contributed by atoms with Crippen LogP contribution in [-0.2, 0) is 4.79 Å². The van der Waals surface area contributed by atoms with Crippen LogP contribution in [0.1, 0.15) is 32.6 Å². The summed E-state index contributed by atoms with van der Waals surface area (Å²) in [5.41, 5.74) is 0. The molecule has 0 aliphatic heterocycles. The highest BCUT2D eigenvalue weighted by Gasteiger charge is 2.43. The zero-order valence-corrected chi connectivity index (χ0v) is 12.0. The molecule has 1 aromatic heterocycles. The maximum atomic E-state index is 12.2. The van der Waals surface area contributed by atoms with E-state index in [0.717, 1.165) is 22.4 Å². The average Bonchev–Trinajstić information content (AvgIpc) is 3.05. The number of hydrogen-bond acceptors (Lipinski definition) is 5. The van der Waals surface area contributed by atoms with Crippen LogP contribution < -0.4 is 5.32 Å². The van der Waals surface area contributed by atoms with Gasteiger partial charge in [-0.2, -0.15) is 0 Å². The number of anilines is 1. The second-order valence-corrected chi connectivity index (χ2v) is 7.57. The Hall–Kier alpha value is -0.620. The Bertz CT molecular complexity index is 448. The van der Waals surface area contributed by atoms with Crippen molar-refractivity contribution in [1.29, 1.82) is 0 Å². The van der Waals surface area contributed by atoms with Crippen LogP contribution in [-0.4, -0.2) is 21.9 Å².